The predicted octanol–water partition coefficient (Wildman–Crippen LogP) is 3.10. The van der Waals surface area contributed by atoms with E-state index in [0.717, 1.165) is 18.1 Å². The van der Waals surface area contributed by atoms with Gasteiger partial charge in [0.2, 0.25) is 0 Å². The summed E-state index contributed by atoms with van der Waals surface area (Å²) >= 11 is 0. The molecule has 21 heavy (non-hydrogen) atoms. The lowest BCUT2D eigenvalue weighted by Gasteiger charge is -2.35. The van der Waals surface area contributed by atoms with Crippen molar-refractivity contribution < 1.29 is 0 Å². The molecule has 1 aliphatic carbocycles. The van der Waals surface area contributed by atoms with Gasteiger partial charge in [-0.3, -0.25) is 0 Å². The summed E-state index contributed by atoms with van der Waals surface area (Å²) in [5.74, 6) is 0. The second kappa shape index (κ2) is 9.12. The normalized spacial score (nSPS) is 23.3. The van der Waals surface area contributed by atoms with Gasteiger partial charge in [-0.25, -0.2) is 0 Å². The van der Waals surface area contributed by atoms with E-state index in [4.69, 9.17) is 0 Å². The first-order valence-electron chi connectivity index (χ1n) is 9.34. The van der Waals surface area contributed by atoms with Crippen molar-refractivity contribution in [3.05, 3.63) is 0 Å². The van der Waals surface area contributed by atoms with Crippen molar-refractivity contribution in [2.75, 3.05) is 33.2 Å². The van der Waals surface area contributed by atoms with Crippen LogP contribution in [0.1, 0.15) is 65.2 Å². The molecule has 0 atom stereocenters. The van der Waals surface area contributed by atoms with Gasteiger partial charge >= 0.3 is 0 Å². The molecule has 2 fully saturated rings. The van der Waals surface area contributed by atoms with Crippen molar-refractivity contribution in [1.29, 1.82) is 0 Å². The van der Waals surface area contributed by atoms with Gasteiger partial charge in [-0.1, -0.05) is 19.3 Å². The summed E-state index contributed by atoms with van der Waals surface area (Å²) in [6.45, 7) is 9.64. The molecular weight excluding hydrogens is 258 g/mol. The minimum Gasteiger partial charge on any atom is -0.314 e. The molecule has 0 bridgehead atoms. The third-order valence-corrected chi connectivity index (χ3v) is 5.58. The zero-order chi connectivity index (χ0) is 15.1. The van der Waals surface area contributed by atoms with Crippen LogP contribution >= 0.6 is 0 Å². The molecule has 1 saturated carbocycles. The van der Waals surface area contributed by atoms with Gasteiger partial charge in [-0.15, -0.1) is 0 Å². The van der Waals surface area contributed by atoms with Gasteiger partial charge in [0.1, 0.15) is 0 Å². The van der Waals surface area contributed by atoms with Crippen LogP contribution in [0.25, 0.3) is 0 Å². The van der Waals surface area contributed by atoms with Gasteiger partial charge in [0.25, 0.3) is 0 Å². The first-order chi connectivity index (χ1) is 10.2. The fraction of sp³-hybridized carbons (Fsp3) is 1.00. The van der Waals surface area contributed by atoms with Crippen LogP contribution in [-0.4, -0.2) is 61.2 Å². The summed E-state index contributed by atoms with van der Waals surface area (Å²) in [7, 11) is 2.33. The number of piperidine rings is 1. The predicted molar refractivity (Wildman–Crippen MR) is 91.9 cm³/mol. The molecule has 124 valence electrons. The monoisotopic (exact) mass is 295 g/mol. The van der Waals surface area contributed by atoms with Crippen LogP contribution in [0.15, 0.2) is 0 Å². The van der Waals surface area contributed by atoms with Crippen molar-refractivity contribution in [1.82, 2.24) is 15.1 Å². The fourth-order valence-corrected chi connectivity index (χ4v) is 3.96. The minimum atomic E-state index is 0.718. The van der Waals surface area contributed by atoms with Gasteiger partial charge < -0.3 is 15.1 Å². The highest BCUT2D eigenvalue weighted by Crippen LogP contribution is 2.21. The Morgan fingerprint density at radius 1 is 1.05 bits per heavy atom. The smallest absolute Gasteiger partial charge is 0.00922 e. The maximum absolute atomic E-state index is 3.79. The molecule has 0 amide bonds. The topological polar surface area (TPSA) is 18.5 Å². The number of nitrogens with one attached hydrogen (secondary N) is 1. The number of hydrogen-bond donors (Lipinski definition) is 1. The second-order valence-electron chi connectivity index (χ2n) is 7.48. The quantitative estimate of drug-likeness (QED) is 0.728. The molecule has 2 rings (SSSR count). The zero-order valence-corrected chi connectivity index (χ0v) is 14.6. The Balaban J connectivity index is 1.52. The van der Waals surface area contributed by atoms with Crippen LogP contribution in [0, 0.1) is 0 Å². The van der Waals surface area contributed by atoms with E-state index in [9.17, 15) is 0 Å². The van der Waals surface area contributed by atoms with Crippen LogP contribution < -0.4 is 5.32 Å². The highest BCUT2D eigenvalue weighted by Gasteiger charge is 2.20. The third-order valence-electron chi connectivity index (χ3n) is 5.58. The van der Waals surface area contributed by atoms with Crippen LogP contribution in [0.4, 0.5) is 0 Å². The minimum absolute atomic E-state index is 0.718. The molecule has 3 nitrogen and oxygen atoms in total. The Labute approximate surface area is 132 Å². The van der Waals surface area contributed by atoms with Crippen LogP contribution in [-0.2, 0) is 0 Å². The Kier molecular flexibility index (Phi) is 7.48. The zero-order valence-electron chi connectivity index (χ0n) is 14.6. The molecule has 1 saturated heterocycles. The lowest BCUT2D eigenvalue weighted by atomic mass is 9.94. The summed E-state index contributed by atoms with van der Waals surface area (Å²) in [4.78, 5) is 5.22. The maximum Gasteiger partial charge on any atom is 0.00922 e. The molecule has 0 aromatic carbocycles. The first-order valence-corrected chi connectivity index (χ1v) is 9.34. The number of hydrogen-bond acceptors (Lipinski definition) is 3. The Hall–Kier alpha value is -0.120. The Morgan fingerprint density at radius 3 is 2.33 bits per heavy atom. The van der Waals surface area contributed by atoms with E-state index in [1.165, 1.54) is 77.5 Å². The summed E-state index contributed by atoms with van der Waals surface area (Å²) in [6, 6.07) is 2.35. The highest BCUT2D eigenvalue weighted by atomic mass is 15.2. The summed E-state index contributed by atoms with van der Waals surface area (Å²) in [5.41, 5.74) is 0. The fourth-order valence-electron chi connectivity index (χ4n) is 3.96. The van der Waals surface area contributed by atoms with Gasteiger partial charge in [0.05, 0.1) is 0 Å². The molecule has 0 aromatic rings. The molecule has 0 unspecified atom stereocenters. The van der Waals surface area contributed by atoms with Gasteiger partial charge in [-0.2, -0.15) is 0 Å². The molecule has 1 aliphatic heterocycles. The molecule has 3 heteroatoms. The average molecular weight is 296 g/mol. The highest BCUT2D eigenvalue weighted by molar-refractivity contribution is 4.79. The standard InChI is InChI=1S/C18H37N3/c1-16(2)21-14-10-17(11-15-21)19-12-7-13-20(3)18-8-5-4-6-9-18/h16-19H,4-15H2,1-3H3. The van der Waals surface area contributed by atoms with Crippen LogP contribution in [0.5, 0.6) is 0 Å². The van der Waals surface area contributed by atoms with Crippen LogP contribution in [0.2, 0.25) is 0 Å². The molecule has 0 aromatic heterocycles. The largest absolute Gasteiger partial charge is 0.314 e. The van der Waals surface area contributed by atoms with Crippen molar-refractivity contribution in [3.8, 4) is 0 Å². The first kappa shape index (κ1) is 17.2. The Bertz CT molecular complexity index is 266. The van der Waals surface area contributed by atoms with Gasteiger partial charge in [0.15, 0.2) is 0 Å². The number of rotatable bonds is 7. The summed E-state index contributed by atoms with van der Waals surface area (Å²) in [6.07, 6.45) is 11.2. The lowest BCUT2D eigenvalue weighted by molar-refractivity contribution is 0.158. The molecule has 0 radical (unpaired) electrons. The summed E-state index contributed by atoms with van der Waals surface area (Å²) in [5, 5.41) is 3.79. The van der Waals surface area contributed by atoms with E-state index >= 15 is 0 Å². The van der Waals surface area contributed by atoms with E-state index in [0.29, 0.717) is 0 Å². The van der Waals surface area contributed by atoms with Crippen LogP contribution in [0.3, 0.4) is 0 Å². The van der Waals surface area contributed by atoms with Crippen molar-refractivity contribution in [3.63, 3.8) is 0 Å². The van der Waals surface area contributed by atoms with E-state index < -0.39 is 0 Å². The molecule has 0 spiro atoms. The molecule has 1 heterocycles. The van der Waals surface area contributed by atoms with E-state index in [1.807, 2.05) is 0 Å². The van der Waals surface area contributed by atoms with E-state index in [-0.39, 0.29) is 0 Å². The second-order valence-corrected chi connectivity index (χ2v) is 7.48. The average Bonchev–Trinajstić information content (AvgIpc) is 2.52. The molecular formula is C18H37N3. The Morgan fingerprint density at radius 2 is 1.71 bits per heavy atom. The van der Waals surface area contributed by atoms with E-state index in [1.54, 1.807) is 0 Å². The van der Waals surface area contributed by atoms with Gasteiger partial charge in [-0.05, 0) is 79.2 Å². The number of likely N-dealkylation sites (tertiary alicyclic amines) is 1. The maximum atomic E-state index is 3.79. The lowest BCUT2D eigenvalue weighted by Crippen LogP contribution is -2.45. The summed E-state index contributed by atoms with van der Waals surface area (Å²) < 4.78 is 0. The van der Waals surface area contributed by atoms with Crippen molar-refractivity contribution >= 4 is 0 Å². The number of nitrogens with zero attached hydrogens (tertiary/aromatic N) is 2. The SMILES string of the molecule is CC(C)N1CCC(NCCCN(C)C2CCCCC2)CC1. The van der Waals surface area contributed by atoms with Crippen molar-refractivity contribution in [2.45, 2.75) is 83.3 Å². The molecule has 2 aliphatic rings. The van der Waals surface area contributed by atoms with E-state index in [2.05, 4.69) is 36.0 Å². The van der Waals surface area contributed by atoms with Gasteiger partial charge in [0, 0.05) is 18.1 Å². The molecule has 1 N–H and O–H groups in total. The third kappa shape index (κ3) is 5.88. The van der Waals surface area contributed by atoms with Crippen molar-refractivity contribution in [2.24, 2.45) is 0 Å².